The number of halogens is 1. The van der Waals surface area contributed by atoms with Crippen LogP contribution < -0.4 is 16.0 Å². The maximum atomic E-state index is 6.52. The average Bonchev–Trinajstić information content (AvgIpc) is 3.53. The molecule has 0 unspecified atom stereocenters. The summed E-state index contributed by atoms with van der Waals surface area (Å²) in [7, 11) is 1.75. The fraction of sp³-hybridized carbons (Fsp3) is 0.600. The van der Waals surface area contributed by atoms with Crippen molar-refractivity contribution in [1.29, 1.82) is 0 Å². The largest absolute Gasteiger partial charge is 0.383 e. The van der Waals surface area contributed by atoms with Crippen LogP contribution >= 0.6 is 11.6 Å². The van der Waals surface area contributed by atoms with E-state index in [0.717, 1.165) is 61.5 Å². The number of ether oxygens (including phenoxy) is 1. The minimum atomic E-state index is 0.390. The molecule has 174 valence electrons. The fourth-order valence-corrected chi connectivity index (χ4v) is 4.65. The number of aromatic nitrogens is 2. The second-order valence-corrected chi connectivity index (χ2v) is 10.3. The highest BCUT2D eigenvalue weighted by atomic mass is 35.5. The highest BCUT2D eigenvalue weighted by molar-refractivity contribution is 6.33. The molecule has 1 atom stereocenters. The Morgan fingerprint density at radius 3 is 2.59 bits per heavy atom. The monoisotopic (exact) mass is 457 g/mol. The number of nitrogens with zero attached hydrogens (tertiary/aromatic N) is 2. The lowest BCUT2D eigenvalue weighted by molar-refractivity contribution is 0.161. The zero-order valence-corrected chi connectivity index (χ0v) is 20.2. The van der Waals surface area contributed by atoms with Gasteiger partial charge in [0.15, 0.2) is 0 Å². The van der Waals surface area contributed by atoms with Crippen LogP contribution in [0.15, 0.2) is 30.7 Å². The molecule has 0 bridgehead atoms. The van der Waals surface area contributed by atoms with Gasteiger partial charge in [-0.05, 0) is 63.0 Å². The van der Waals surface area contributed by atoms with Gasteiger partial charge in [-0.25, -0.2) is 4.98 Å². The molecule has 0 aromatic carbocycles. The van der Waals surface area contributed by atoms with Crippen molar-refractivity contribution >= 4 is 23.1 Å². The summed E-state index contributed by atoms with van der Waals surface area (Å²) < 4.78 is 5.24. The van der Waals surface area contributed by atoms with Gasteiger partial charge in [-0.2, -0.15) is 0 Å². The fourth-order valence-electron chi connectivity index (χ4n) is 4.44. The van der Waals surface area contributed by atoms with E-state index in [9.17, 15) is 0 Å². The van der Waals surface area contributed by atoms with Crippen LogP contribution in [0.1, 0.15) is 52.4 Å². The lowest BCUT2D eigenvalue weighted by atomic mass is 9.90. The number of hydrogen-bond acceptors (Lipinski definition) is 6. The molecule has 0 aliphatic heterocycles. The summed E-state index contributed by atoms with van der Waals surface area (Å²) in [6, 6.07) is 5.56. The van der Waals surface area contributed by atoms with Crippen molar-refractivity contribution in [1.82, 2.24) is 15.3 Å². The van der Waals surface area contributed by atoms with E-state index >= 15 is 0 Å². The van der Waals surface area contributed by atoms with Crippen molar-refractivity contribution in [2.75, 3.05) is 30.9 Å². The van der Waals surface area contributed by atoms with Gasteiger partial charge < -0.3 is 20.7 Å². The molecule has 2 aromatic heterocycles. The van der Waals surface area contributed by atoms with Crippen LogP contribution in [-0.2, 0) is 4.74 Å². The summed E-state index contributed by atoms with van der Waals surface area (Å²) >= 11 is 6.52. The highest BCUT2D eigenvalue weighted by Gasteiger charge is 2.36. The van der Waals surface area contributed by atoms with Crippen molar-refractivity contribution in [2.45, 2.75) is 70.5 Å². The van der Waals surface area contributed by atoms with E-state index in [2.05, 4.69) is 51.9 Å². The van der Waals surface area contributed by atoms with Gasteiger partial charge in [0.2, 0.25) is 0 Å². The van der Waals surface area contributed by atoms with Crippen LogP contribution in [0.5, 0.6) is 0 Å². The first-order valence-electron chi connectivity index (χ1n) is 11.8. The Kier molecular flexibility index (Phi) is 7.54. The van der Waals surface area contributed by atoms with Crippen molar-refractivity contribution in [3.63, 3.8) is 0 Å². The van der Waals surface area contributed by atoms with E-state index in [0.29, 0.717) is 28.6 Å². The second-order valence-electron chi connectivity index (χ2n) is 9.89. The van der Waals surface area contributed by atoms with Gasteiger partial charge in [-0.15, -0.1) is 0 Å². The summed E-state index contributed by atoms with van der Waals surface area (Å²) in [5, 5.41) is 11.5. The molecule has 0 amide bonds. The normalized spacial score (nSPS) is 22.9. The molecule has 0 radical (unpaired) electrons. The molecule has 3 N–H and O–H groups in total. The molecule has 0 saturated heterocycles. The van der Waals surface area contributed by atoms with Gasteiger partial charge in [-0.1, -0.05) is 18.5 Å². The SMILES string of the molecule is COC[C@H](C)N[C@H]1CC[C@H](Nc2cc(-c3cncc(NCC4(C)CC4)c3)c(Cl)cn2)CC1. The van der Waals surface area contributed by atoms with Gasteiger partial charge in [0.25, 0.3) is 0 Å². The predicted octanol–water partition coefficient (Wildman–Crippen LogP) is 5.36. The van der Waals surface area contributed by atoms with E-state index in [1.807, 2.05) is 12.4 Å². The number of rotatable bonds is 10. The standard InChI is InChI=1S/C25H36ClN5O/c1-17(15-32-3)30-19-4-6-20(7-5-19)31-24-11-22(23(26)14-28-24)18-10-21(13-27-12-18)29-16-25(2)8-9-25/h10-14,17,19-20,29-30H,4-9,15-16H2,1-3H3,(H,28,31)/t17-,19-,20-/m0/s1. The first kappa shape index (κ1) is 23.3. The van der Waals surface area contributed by atoms with Crippen molar-refractivity contribution < 1.29 is 4.74 Å². The van der Waals surface area contributed by atoms with Gasteiger partial charge in [-0.3, -0.25) is 4.98 Å². The quantitative estimate of drug-likeness (QED) is 0.446. The van der Waals surface area contributed by atoms with Crippen LogP contribution in [0.3, 0.4) is 0 Å². The lowest BCUT2D eigenvalue weighted by Crippen LogP contribution is -2.42. The number of hydrogen-bond donors (Lipinski definition) is 3. The highest BCUT2D eigenvalue weighted by Crippen LogP contribution is 2.44. The van der Waals surface area contributed by atoms with Crippen molar-refractivity contribution in [3.8, 4) is 11.1 Å². The minimum Gasteiger partial charge on any atom is -0.383 e. The van der Waals surface area contributed by atoms with E-state index in [-0.39, 0.29) is 0 Å². The Hall–Kier alpha value is -1.89. The van der Waals surface area contributed by atoms with Gasteiger partial charge in [0.1, 0.15) is 5.82 Å². The van der Waals surface area contributed by atoms with Crippen LogP contribution in [-0.4, -0.2) is 48.4 Å². The van der Waals surface area contributed by atoms with E-state index in [1.54, 1.807) is 13.3 Å². The number of anilines is 2. The van der Waals surface area contributed by atoms with E-state index in [1.165, 1.54) is 12.8 Å². The molecule has 4 rings (SSSR count). The molecular weight excluding hydrogens is 422 g/mol. The maximum absolute atomic E-state index is 6.52. The van der Waals surface area contributed by atoms with E-state index < -0.39 is 0 Å². The van der Waals surface area contributed by atoms with Gasteiger partial charge in [0.05, 0.1) is 17.3 Å². The summed E-state index contributed by atoms with van der Waals surface area (Å²) in [6.45, 7) is 6.23. The zero-order chi connectivity index (χ0) is 22.6. The molecule has 0 spiro atoms. The molecular formula is C25H36ClN5O. The summed E-state index contributed by atoms with van der Waals surface area (Å²) in [5.41, 5.74) is 3.44. The summed E-state index contributed by atoms with van der Waals surface area (Å²) in [6.07, 6.45) is 12.6. The van der Waals surface area contributed by atoms with Gasteiger partial charge >= 0.3 is 0 Å². The molecule has 6 nitrogen and oxygen atoms in total. The number of pyridine rings is 2. The van der Waals surface area contributed by atoms with Crippen LogP contribution in [0.4, 0.5) is 11.5 Å². The Labute approximate surface area is 196 Å². The minimum absolute atomic E-state index is 0.390. The molecule has 2 aliphatic rings. The Balaban J connectivity index is 1.36. The zero-order valence-electron chi connectivity index (χ0n) is 19.5. The Morgan fingerprint density at radius 2 is 1.88 bits per heavy atom. The summed E-state index contributed by atoms with van der Waals surface area (Å²) in [4.78, 5) is 8.97. The third kappa shape index (κ3) is 6.33. The van der Waals surface area contributed by atoms with Crippen LogP contribution in [0.2, 0.25) is 5.02 Å². The Bertz CT molecular complexity index is 896. The average molecular weight is 458 g/mol. The lowest BCUT2D eigenvalue weighted by Gasteiger charge is -2.32. The van der Waals surface area contributed by atoms with Crippen LogP contribution in [0.25, 0.3) is 11.1 Å². The van der Waals surface area contributed by atoms with Crippen molar-refractivity contribution in [2.24, 2.45) is 5.41 Å². The summed E-state index contributed by atoms with van der Waals surface area (Å²) in [5.74, 6) is 0.873. The molecule has 2 saturated carbocycles. The topological polar surface area (TPSA) is 71.1 Å². The third-order valence-electron chi connectivity index (χ3n) is 6.74. The Morgan fingerprint density at radius 1 is 1.12 bits per heavy atom. The van der Waals surface area contributed by atoms with E-state index in [4.69, 9.17) is 16.3 Å². The molecule has 2 aliphatic carbocycles. The molecule has 2 heterocycles. The third-order valence-corrected chi connectivity index (χ3v) is 7.04. The van der Waals surface area contributed by atoms with Crippen molar-refractivity contribution in [3.05, 3.63) is 35.7 Å². The maximum Gasteiger partial charge on any atom is 0.126 e. The number of methoxy groups -OCH3 is 1. The smallest absolute Gasteiger partial charge is 0.126 e. The number of nitrogens with one attached hydrogen (secondary N) is 3. The van der Waals surface area contributed by atoms with Crippen LogP contribution in [0, 0.1) is 5.41 Å². The molecule has 32 heavy (non-hydrogen) atoms. The second kappa shape index (κ2) is 10.4. The molecule has 2 aromatic rings. The predicted molar refractivity (Wildman–Crippen MR) is 132 cm³/mol. The molecule has 2 fully saturated rings. The first-order chi connectivity index (χ1) is 15.4. The van der Waals surface area contributed by atoms with Gasteiger partial charge in [0, 0.05) is 61.5 Å². The molecule has 7 heteroatoms. The first-order valence-corrected chi connectivity index (χ1v) is 12.2.